The number of amides is 1. The van der Waals surface area contributed by atoms with Crippen LogP contribution >= 0.6 is 22.6 Å². The monoisotopic (exact) mass is 462 g/mol. The van der Waals surface area contributed by atoms with E-state index in [-0.39, 0.29) is 11.3 Å². The summed E-state index contributed by atoms with van der Waals surface area (Å²) in [7, 11) is 0. The average Bonchev–Trinajstić information content (AvgIpc) is 2.64. The third-order valence-corrected chi connectivity index (χ3v) is 4.47. The van der Waals surface area contributed by atoms with Crippen molar-refractivity contribution in [3.05, 3.63) is 56.7 Å². The Kier molecular flexibility index (Phi) is 7.04. The lowest BCUT2D eigenvalue weighted by Gasteiger charge is -2.09. The molecule has 0 spiro atoms. The fourth-order valence-corrected chi connectivity index (χ4v) is 2.91. The molecule has 2 N–H and O–H groups in total. The number of carbonyl (C=O) groups is 1. The molecule has 0 saturated carbocycles. The number of nitrogens with one attached hydrogen (secondary N) is 1. The van der Waals surface area contributed by atoms with Crippen LogP contribution in [0.5, 0.6) is 11.5 Å². The first-order chi connectivity index (χ1) is 12.5. The molecule has 6 heteroatoms. The standard InChI is InChI=1S/C20H19IN2O3/c1-3-13-5-7-16(8-6-13)23-20(25)15(12-22)9-14-10-17(21)19(24)18(11-14)26-4-2/h5-11,24H,3-4H2,1-2H3,(H,23,25)/b15-9-. The number of phenols is 1. The van der Waals surface area contributed by atoms with Gasteiger partial charge in [-0.05, 0) is 77.4 Å². The summed E-state index contributed by atoms with van der Waals surface area (Å²) in [5.41, 5.74) is 2.36. The van der Waals surface area contributed by atoms with Gasteiger partial charge in [0.05, 0.1) is 10.2 Å². The number of nitriles is 1. The SMILES string of the molecule is CCOc1cc(/C=C(/C#N)C(=O)Nc2ccc(CC)cc2)cc(I)c1O. The zero-order valence-electron chi connectivity index (χ0n) is 14.5. The Balaban J connectivity index is 2.26. The number of aryl methyl sites for hydroxylation is 1. The van der Waals surface area contributed by atoms with Crippen LogP contribution in [0.3, 0.4) is 0 Å². The van der Waals surface area contributed by atoms with Crippen LogP contribution in [-0.2, 0) is 11.2 Å². The lowest BCUT2D eigenvalue weighted by atomic mass is 10.1. The molecule has 0 saturated heterocycles. The molecule has 0 radical (unpaired) electrons. The first-order valence-electron chi connectivity index (χ1n) is 8.15. The minimum Gasteiger partial charge on any atom is -0.504 e. The molecule has 134 valence electrons. The highest BCUT2D eigenvalue weighted by atomic mass is 127. The second-order valence-electron chi connectivity index (χ2n) is 5.46. The molecule has 2 rings (SSSR count). The molecule has 0 atom stereocenters. The highest BCUT2D eigenvalue weighted by Crippen LogP contribution is 2.33. The van der Waals surface area contributed by atoms with Gasteiger partial charge in [0, 0.05) is 5.69 Å². The Morgan fingerprint density at radius 2 is 2.00 bits per heavy atom. The minimum atomic E-state index is -0.488. The van der Waals surface area contributed by atoms with Crippen molar-refractivity contribution in [3.63, 3.8) is 0 Å². The van der Waals surface area contributed by atoms with Crippen LogP contribution in [0.15, 0.2) is 42.0 Å². The van der Waals surface area contributed by atoms with Gasteiger partial charge in [-0.25, -0.2) is 0 Å². The molecule has 0 aliphatic carbocycles. The van der Waals surface area contributed by atoms with E-state index < -0.39 is 5.91 Å². The maximum absolute atomic E-state index is 12.4. The summed E-state index contributed by atoms with van der Waals surface area (Å²) in [6.45, 7) is 4.27. The van der Waals surface area contributed by atoms with Crippen LogP contribution < -0.4 is 10.1 Å². The summed E-state index contributed by atoms with van der Waals surface area (Å²) < 4.78 is 5.96. The van der Waals surface area contributed by atoms with E-state index in [2.05, 4.69) is 12.2 Å². The quantitative estimate of drug-likeness (QED) is 0.376. The van der Waals surface area contributed by atoms with E-state index >= 15 is 0 Å². The van der Waals surface area contributed by atoms with E-state index in [4.69, 9.17) is 4.74 Å². The Morgan fingerprint density at radius 1 is 1.31 bits per heavy atom. The summed E-state index contributed by atoms with van der Waals surface area (Å²) in [5, 5.41) is 22.1. The number of anilines is 1. The largest absolute Gasteiger partial charge is 0.504 e. The molecule has 0 aliphatic rings. The second-order valence-corrected chi connectivity index (χ2v) is 6.62. The first-order valence-corrected chi connectivity index (χ1v) is 9.23. The van der Waals surface area contributed by atoms with E-state index in [1.807, 2.05) is 59.8 Å². The number of aromatic hydroxyl groups is 1. The highest BCUT2D eigenvalue weighted by Gasteiger charge is 2.12. The Hall–Kier alpha value is -2.53. The van der Waals surface area contributed by atoms with Crippen molar-refractivity contribution in [2.75, 3.05) is 11.9 Å². The Bertz CT molecular complexity index is 868. The van der Waals surface area contributed by atoms with Gasteiger partial charge >= 0.3 is 0 Å². The molecule has 0 unspecified atom stereocenters. The maximum Gasteiger partial charge on any atom is 0.266 e. The number of rotatable bonds is 6. The zero-order valence-corrected chi connectivity index (χ0v) is 16.7. The first kappa shape index (κ1) is 19.8. The smallest absolute Gasteiger partial charge is 0.266 e. The van der Waals surface area contributed by atoms with Crippen LogP contribution in [-0.4, -0.2) is 17.6 Å². The van der Waals surface area contributed by atoms with Crippen molar-refractivity contribution in [3.8, 4) is 17.6 Å². The molecule has 5 nitrogen and oxygen atoms in total. The molecule has 0 heterocycles. The number of phenolic OH excluding ortho intramolecular Hbond substituents is 1. The second kappa shape index (κ2) is 9.25. The summed E-state index contributed by atoms with van der Waals surface area (Å²) >= 11 is 1.97. The van der Waals surface area contributed by atoms with Crippen molar-refractivity contribution in [2.45, 2.75) is 20.3 Å². The molecule has 0 aliphatic heterocycles. The van der Waals surface area contributed by atoms with E-state index in [9.17, 15) is 15.2 Å². The summed E-state index contributed by atoms with van der Waals surface area (Å²) in [4.78, 5) is 12.4. The van der Waals surface area contributed by atoms with Crippen LogP contribution in [0.25, 0.3) is 6.08 Å². The molecule has 1 amide bonds. The lowest BCUT2D eigenvalue weighted by Crippen LogP contribution is -2.13. The van der Waals surface area contributed by atoms with E-state index in [0.717, 1.165) is 6.42 Å². The van der Waals surface area contributed by atoms with Crippen molar-refractivity contribution in [1.29, 1.82) is 5.26 Å². The lowest BCUT2D eigenvalue weighted by molar-refractivity contribution is -0.112. The van der Waals surface area contributed by atoms with Gasteiger partial charge < -0.3 is 15.2 Å². The van der Waals surface area contributed by atoms with Crippen LogP contribution in [0.1, 0.15) is 25.0 Å². The number of halogens is 1. The highest BCUT2D eigenvalue weighted by molar-refractivity contribution is 14.1. The molecule has 0 aromatic heterocycles. The van der Waals surface area contributed by atoms with Crippen molar-refractivity contribution < 1.29 is 14.6 Å². The van der Waals surface area contributed by atoms with Gasteiger partial charge in [-0.15, -0.1) is 0 Å². The molecule has 0 fully saturated rings. The van der Waals surface area contributed by atoms with Gasteiger partial charge in [-0.2, -0.15) is 5.26 Å². The van der Waals surface area contributed by atoms with Crippen molar-refractivity contribution in [2.24, 2.45) is 0 Å². The molecular weight excluding hydrogens is 443 g/mol. The number of hydrogen-bond acceptors (Lipinski definition) is 4. The Labute approximate surface area is 166 Å². The van der Waals surface area contributed by atoms with Crippen LogP contribution in [0.4, 0.5) is 5.69 Å². The summed E-state index contributed by atoms with van der Waals surface area (Å²) in [6, 6.07) is 12.7. The van der Waals surface area contributed by atoms with E-state index in [1.54, 1.807) is 12.1 Å². The van der Waals surface area contributed by atoms with E-state index in [0.29, 0.717) is 27.2 Å². The van der Waals surface area contributed by atoms with E-state index in [1.165, 1.54) is 11.6 Å². The third kappa shape index (κ3) is 4.99. The van der Waals surface area contributed by atoms with Crippen molar-refractivity contribution in [1.82, 2.24) is 0 Å². The predicted octanol–water partition coefficient (Wildman–Crippen LogP) is 4.50. The van der Waals surface area contributed by atoms with Gasteiger partial charge in [0.15, 0.2) is 11.5 Å². The topological polar surface area (TPSA) is 82.3 Å². The fourth-order valence-electron chi connectivity index (χ4n) is 2.28. The number of ether oxygens (including phenoxy) is 1. The fraction of sp³-hybridized carbons (Fsp3) is 0.200. The summed E-state index contributed by atoms with van der Waals surface area (Å²) in [6.07, 6.45) is 2.39. The van der Waals surface area contributed by atoms with Crippen molar-refractivity contribution >= 4 is 40.3 Å². The zero-order chi connectivity index (χ0) is 19.1. The number of hydrogen-bond donors (Lipinski definition) is 2. The maximum atomic E-state index is 12.4. The molecule has 2 aromatic carbocycles. The van der Waals surface area contributed by atoms with Gasteiger partial charge in [0.1, 0.15) is 11.6 Å². The average molecular weight is 462 g/mol. The predicted molar refractivity (Wildman–Crippen MR) is 110 cm³/mol. The molecule has 26 heavy (non-hydrogen) atoms. The number of carbonyl (C=O) groups excluding carboxylic acids is 1. The Morgan fingerprint density at radius 3 is 2.58 bits per heavy atom. The number of nitrogens with zero attached hydrogens (tertiary/aromatic N) is 1. The number of benzene rings is 2. The molecule has 0 bridgehead atoms. The molecular formula is C20H19IN2O3. The third-order valence-electron chi connectivity index (χ3n) is 3.65. The van der Waals surface area contributed by atoms with Crippen LogP contribution in [0, 0.1) is 14.9 Å². The van der Waals surface area contributed by atoms with Gasteiger partial charge in [0.25, 0.3) is 5.91 Å². The van der Waals surface area contributed by atoms with Crippen LogP contribution in [0.2, 0.25) is 0 Å². The van der Waals surface area contributed by atoms with Gasteiger partial charge in [-0.3, -0.25) is 4.79 Å². The minimum absolute atomic E-state index is 0.0338. The van der Waals surface area contributed by atoms with Gasteiger partial charge in [0.2, 0.25) is 0 Å². The summed E-state index contributed by atoms with van der Waals surface area (Å²) in [5.74, 6) is -0.125. The molecule has 2 aromatic rings. The van der Waals surface area contributed by atoms with Gasteiger partial charge in [-0.1, -0.05) is 19.1 Å². The normalized spacial score (nSPS) is 10.9.